The van der Waals surface area contributed by atoms with E-state index in [-0.39, 0.29) is 5.02 Å². The van der Waals surface area contributed by atoms with Gasteiger partial charge in [-0.25, -0.2) is 4.79 Å². The Morgan fingerprint density at radius 2 is 1.69 bits per heavy atom. The molecule has 3 unspecified atom stereocenters. The maximum absolute atomic E-state index is 13.2. The second-order valence-electron chi connectivity index (χ2n) is 7.98. The van der Waals surface area contributed by atoms with Crippen molar-refractivity contribution in [2.45, 2.75) is 57.9 Å². The molecule has 1 aliphatic carbocycles. The third-order valence-corrected chi connectivity index (χ3v) is 6.05. The van der Waals surface area contributed by atoms with Crippen LogP contribution in [0.3, 0.4) is 0 Å². The Morgan fingerprint density at radius 3 is 2.22 bits per heavy atom. The zero-order valence-electron chi connectivity index (χ0n) is 17.4. The summed E-state index contributed by atoms with van der Waals surface area (Å²) in [6.45, 7) is 2.50. The minimum atomic E-state index is -4.77. The number of likely N-dealkylation sites (tertiary alicyclic amines) is 1. The van der Waals surface area contributed by atoms with Gasteiger partial charge in [0.25, 0.3) is 5.91 Å². The smallest absolute Gasteiger partial charge is 0.418 e. The van der Waals surface area contributed by atoms with Crippen molar-refractivity contribution in [3.8, 4) is 0 Å². The van der Waals surface area contributed by atoms with Crippen LogP contribution in [0.25, 0.3) is 0 Å². The van der Waals surface area contributed by atoms with E-state index in [9.17, 15) is 32.3 Å². The molecule has 1 aromatic rings. The number of amides is 3. The first-order valence-corrected chi connectivity index (χ1v) is 10.5. The van der Waals surface area contributed by atoms with Crippen molar-refractivity contribution in [2.24, 2.45) is 11.8 Å². The first-order chi connectivity index (χ1) is 14.9. The van der Waals surface area contributed by atoms with Crippen LogP contribution in [-0.2, 0) is 30.1 Å². The van der Waals surface area contributed by atoms with Crippen molar-refractivity contribution in [3.05, 3.63) is 28.8 Å². The van der Waals surface area contributed by atoms with Gasteiger partial charge in [0, 0.05) is 5.02 Å². The lowest BCUT2D eigenvalue weighted by atomic mass is 9.81. The lowest BCUT2D eigenvalue weighted by Gasteiger charge is -2.23. The van der Waals surface area contributed by atoms with Crippen LogP contribution in [0.4, 0.5) is 18.9 Å². The first-order valence-electron chi connectivity index (χ1n) is 10.2. The van der Waals surface area contributed by atoms with Crippen LogP contribution >= 0.6 is 11.6 Å². The highest BCUT2D eigenvalue weighted by atomic mass is 35.5. The second kappa shape index (κ2) is 9.09. The van der Waals surface area contributed by atoms with Crippen molar-refractivity contribution in [2.75, 3.05) is 5.32 Å². The fourth-order valence-electron chi connectivity index (χ4n) is 4.10. The number of nitrogens with zero attached hydrogens (tertiary/aromatic N) is 1. The van der Waals surface area contributed by atoms with Crippen LogP contribution in [-0.4, -0.2) is 40.7 Å². The number of fused-ring (bicyclic) bond motifs is 1. The number of alkyl halides is 3. The molecule has 32 heavy (non-hydrogen) atoms. The molecule has 1 N–H and O–H groups in total. The molecular weight excluding hydrogens is 453 g/mol. The third-order valence-electron chi connectivity index (χ3n) is 5.81. The van der Waals surface area contributed by atoms with E-state index in [1.165, 1.54) is 19.9 Å². The largest absolute Gasteiger partial charge is 0.451 e. The number of anilines is 1. The van der Waals surface area contributed by atoms with E-state index in [4.69, 9.17) is 16.3 Å². The van der Waals surface area contributed by atoms with Gasteiger partial charge in [0.15, 0.2) is 6.10 Å². The van der Waals surface area contributed by atoms with Gasteiger partial charge in [0.1, 0.15) is 6.04 Å². The van der Waals surface area contributed by atoms with Gasteiger partial charge >= 0.3 is 12.1 Å². The van der Waals surface area contributed by atoms with Gasteiger partial charge in [-0.15, -0.1) is 0 Å². The van der Waals surface area contributed by atoms with Crippen LogP contribution in [0.1, 0.15) is 45.1 Å². The van der Waals surface area contributed by atoms with Crippen LogP contribution in [0, 0.1) is 11.8 Å². The van der Waals surface area contributed by atoms with Crippen molar-refractivity contribution >= 4 is 41.0 Å². The average molecular weight is 475 g/mol. The number of esters is 1. The SMILES string of the molecule is CC(OC(=O)[C@H](C)N1C(=O)C2CCCCC2C1=O)C(=O)Nc1ccc(Cl)cc1C(F)(F)F. The molecule has 11 heteroatoms. The van der Waals surface area contributed by atoms with Crippen molar-refractivity contribution < 1.29 is 37.1 Å². The number of nitrogens with one attached hydrogen (secondary N) is 1. The number of benzene rings is 1. The topological polar surface area (TPSA) is 92.8 Å². The standard InChI is InChI=1S/C21H22ClF3N2O5/c1-10(27-18(29)13-5-3-4-6-14(13)19(27)30)20(31)32-11(2)17(28)26-16-8-7-12(22)9-15(16)21(23,24)25/h7-11,13-14H,3-6H2,1-2H3,(H,26,28)/t10-,11?,13?,14?/m0/s1. The van der Waals surface area contributed by atoms with E-state index in [1.807, 2.05) is 0 Å². The molecule has 174 valence electrons. The van der Waals surface area contributed by atoms with E-state index in [2.05, 4.69) is 5.32 Å². The summed E-state index contributed by atoms with van der Waals surface area (Å²) in [5.74, 6) is -3.77. The summed E-state index contributed by atoms with van der Waals surface area (Å²) in [6, 6.07) is 1.58. The quantitative estimate of drug-likeness (QED) is 0.517. The zero-order chi connectivity index (χ0) is 23.8. The molecule has 1 saturated heterocycles. The van der Waals surface area contributed by atoms with Gasteiger partial charge in [-0.3, -0.25) is 19.3 Å². The summed E-state index contributed by atoms with van der Waals surface area (Å²) >= 11 is 5.61. The van der Waals surface area contributed by atoms with Gasteiger partial charge in [0.2, 0.25) is 11.8 Å². The van der Waals surface area contributed by atoms with Crippen molar-refractivity contribution in [3.63, 3.8) is 0 Å². The van der Waals surface area contributed by atoms with Crippen molar-refractivity contribution in [1.29, 1.82) is 0 Å². The summed E-state index contributed by atoms with van der Waals surface area (Å²) < 4.78 is 44.7. The third kappa shape index (κ3) is 4.74. The lowest BCUT2D eigenvalue weighted by Crippen LogP contribution is -2.46. The Kier molecular flexibility index (Phi) is 6.83. The zero-order valence-corrected chi connectivity index (χ0v) is 18.1. The van der Waals surface area contributed by atoms with E-state index >= 15 is 0 Å². The number of rotatable bonds is 5. The molecule has 0 spiro atoms. The number of hydrogen-bond donors (Lipinski definition) is 1. The fraction of sp³-hybridized carbons (Fsp3) is 0.524. The Labute approximate surface area is 187 Å². The van der Waals surface area contributed by atoms with Gasteiger partial charge in [0.05, 0.1) is 23.1 Å². The number of imide groups is 1. The maximum atomic E-state index is 13.2. The minimum Gasteiger partial charge on any atom is -0.451 e. The second-order valence-corrected chi connectivity index (χ2v) is 8.41. The molecule has 3 rings (SSSR count). The van der Waals surface area contributed by atoms with Crippen LogP contribution < -0.4 is 5.32 Å². The molecule has 3 amide bonds. The summed E-state index contributed by atoms with van der Waals surface area (Å²) in [5, 5.41) is 1.91. The monoisotopic (exact) mass is 474 g/mol. The molecule has 1 aliphatic heterocycles. The average Bonchev–Trinajstić information content (AvgIpc) is 2.98. The van der Waals surface area contributed by atoms with Crippen LogP contribution in [0.15, 0.2) is 18.2 Å². The molecule has 2 fully saturated rings. The van der Waals surface area contributed by atoms with Crippen LogP contribution in [0.5, 0.6) is 0 Å². The molecule has 0 bridgehead atoms. The van der Waals surface area contributed by atoms with E-state index in [0.29, 0.717) is 18.9 Å². The number of carbonyl (C=O) groups excluding carboxylic acids is 4. The molecule has 4 atom stereocenters. The Balaban J connectivity index is 1.66. The summed E-state index contributed by atoms with van der Waals surface area (Å²) in [7, 11) is 0. The Bertz CT molecular complexity index is 928. The molecular formula is C21H22ClF3N2O5. The van der Waals surface area contributed by atoms with E-state index in [1.54, 1.807) is 0 Å². The van der Waals surface area contributed by atoms with Gasteiger partial charge in [-0.05, 0) is 44.9 Å². The molecule has 1 saturated carbocycles. The van der Waals surface area contributed by atoms with Gasteiger partial charge in [-0.1, -0.05) is 24.4 Å². The Hall–Kier alpha value is -2.62. The number of carbonyl (C=O) groups is 4. The van der Waals surface area contributed by atoms with Gasteiger partial charge < -0.3 is 10.1 Å². The maximum Gasteiger partial charge on any atom is 0.418 e. The van der Waals surface area contributed by atoms with Crippen LogP contribution in [0.2, 0.25) is 5.02 Å². The molecule has 1 aromatic carbocycles. The highest BCUT2D eigenvalue weighted by Crippen LogP contribution is 2.39. The predicted molar refractivity (Wildman–Crippen MR) is 107 cm³/mol. The van der Waals surface area contributed by atoms with Gasteiger partial charge in [-0.2, -0.15) is 13.2 Å². The van der Waals surface area contributed by atoms with E-state index < -0.39 is 65.1 Å². The molecule has 2 aliphatic rings. The first kappa shape index (κ1) is 24.0. The highest BCUT2D eigenvalue weighted by Gasteiger charge is 2.51. The normalized spacial score (nSPS) is 22.9. The molecule has 1 heterocycles. The molecule has 0 radical (unpaired) electrons. The number of halogens is 4. The van der Waals surface area contributed by atoms with Crippen molar-refractivity contribution in [1.82, 2.24) is 4.90 Å². The van der Waals surface area contributed by atoms with E-state index in [0.717, 1.165) is 23.8 Å². The predicted octanol–water partition coefficient (Wildman–Crippen LogP) is 3.79. The Morgan fingerprint density at radius 1 is 1.12 bits per heavy atom. The fourth-order valence-corrected chi connectivity index (χ4v) is 4.27. The molecule has 7 nitrogen and oxygen atoms in total. The molecule has 0 aromatic heterocycles. The highest BCUT2D eigenvalue weighted by molar-refractivity contribution is 6.30. The minimum absolute atomic E-state index is 0.163. The number of ether oxygens (including phenoxy) is 1. The summed E-state index contributed by atoms with van der Waals surface area (Å²) in [5.41, 5.74) is -1.70. The summed E-state index contributed by atoms with van der Waals surface area (Å²) in [4.78, 5) is 51.0. The summed E-state index contributed by atoms with van der Waals surface area (Å²) in [6.07, 6.45) is -3.43. The lowest BCUT2D eigenvalue weighted by molar-refractivity contribution is -0.163. The number of hydrogen-bond acceptors (Lipinski definition) is 5.